The van der Waals surface area contributed by atoms with Crippen molar-refractivity contribution in [3.8, 4) is 0 Å². The number of hydrogen-bond acceptors (Lipinski definition) is 5. The zero-order chi connectivity index (χ0) is 13.9. The summed E-state index contributed by atoms with van der Waals surface area (Å²) < 4.78 is 0. The lowest BCUT2D eigenvalue weighted by atomic mass is 9.97. The third-order valence-corrected chi connectivity index (χ3v) is 3.71. The molecule has 106 valence electrons. The second kappa shape index (κ2) is 5.66. The van der Waals surface area contributed by atoms with E-state index in [-0.39, 0.29) is 0 Å². The number of rotatable bonds is 3. The van der Waals surface area contributed by atoms with Gasteiger partial charge in [0.05, 0.1) is 11.4 Å². The normalized spacial score (nSPS) is 20.2. The van der Waals surface area contributed by atoms with Crippen molar-refractivity contribution >= 4 is 0 Å². The van der Waals surface area contributed by atoms with Crippen molar-refractivity contribution in [1.29, 1.82) is 0 Å². The summed E-state index contributed by atoms with van der Waals surface area (Å²) in [5.74, 6) is 2.26. The molecule has 2 aromatic rings. The molecule has 0 radical (unpaired) electrons. The molecule has 1 fully saturated rings. The van der Waals surface area contributed by atoms with Crippen LogP contribution in [0.25, 0.3) is 0 Å². The number of aryl methyl sites for hydroxylation is 2. The Hall–Kier alpha value is -1.82. The van der Waals surface area contributed by atoms with Crippen molar-refractivity contribution in [2.24, 2.45) is 0 Å². The molecule has 0 spiro atoms. The number of nitrogens with one attached hydrogen (secondary N) is 1. The van der Waals surface area contributed by atoms with E-state index >= 15 is 0 Å². The molecule has 1 N–H and O–H groups in total. The second-order valence-electron chi connectivity index (χ2n) is 5.50. The van der Waals surface area contributed by atoms with Crippen LogP contribution in [0.5, 0.6) is 0 Å². The van der Waals surface area contributed by atoms with Crippen molar-refractivity contribution in [2.75, 3.05) is 13.1 Å². The molecule has 1 aliphatic heterocycles. The molecule has 20 heavy (non-hydrogen) atoms. The van der Waals surface area contributed by atoms with E-state index < -0.39 is 0 Å². The lowest BCUT2D eigenvalue weighted by Crippen LogP contribution is -2.34. The lowest BCUT2D eigenvalue weighted by molar-refractivity contribution is 0.194. The smallest absolute Gasteiger partial charge is 0.155 e. The van der Waals surface area contributed by atoms with Gasteiger partial charge in [0.1, 0.15) is 5.82 Å². The van der Waals surface area contributed by atoms with Gasteiger partial charge >= 0.3 is 0 Å². The fourth-order valence-corrected chi connectivity index (χ4v) is 2.68. The third kappa shape index (κ3) is 3.01. The Morgan fingerprint density at radius 2 is 2.20 bits per heavy atom. The van der Waals surface area contributed by atoms with E-state index in [9.17, 15) is 0 Å². The first-order chi connectivity index (χ1) is 9.70. The van der Waals surface area contributed by atoms with Crippen LogP contribution in [-0.2, 0) is 6.54 Å². The van der Waals surface area contributed by atoms with E-state index in [4.69, 9.17) is 0 Å². The van der Waals surface area contributed by atoms with Gasteiger partial charge in [0.15, 0.2) is 5.82 Å². The van der Waals surface area contributed by atoms with Crippen LogP contribution in [0.2, 0.25) is 0 Å². The van der Waals surface area contributed by atoms with Crippen molar-refractivity contribution in [3.63, 3.8) is 0 Å². The topological polar surface area (TPSA) is 70.6 Å². The van der Waals surface area contributed by atoms with Gasteiger partial charge in [0.25, 0.3) is 0 Å². The SMILES string of the molecule is Cc1cnc(CN2CCCC(c3n[nH]c(C)n3)C2)cn1. The molecular formula is C14H20N6. The first-order valence-corrected chi connectivity index (χ1v) is 7.09. The Bertz CT molecular complexity index is 561. The standard InChI is InChI=1S/C14H20N6/c1-10-6-16-13(7-15-10)9-20-5-3-4-12(8-20)14-17-11(2)18-19-14/h6-7,12H,3-5,8-9H2,1-2H3,(H,17,18,19). The Morgan fingerprint density at radius 1 is 1.30 bits per heavy atom. The summed E-state index contributed by atoms with van der Waals surface area (Å²) in [5, 5.41) is 7.24. The fourth-order valence-electron chi connectivity index (χ4n) is 2.68. The lowest BCUT2D eigenvalue weighted by Gasteiger charge is -2.30. The third-order valence-electron chi connectivity index (χ3n) is 3.71. The van der Waals surface area contributed by atoms with Gasteiger partial charge in [-0.2, -0.15) is 5.10 Å². The summed E-state index contributed by atoms with van der Waals surface area (Å²) in [7, 11) is 0. The highest BCUT2D eigenvalue weighted by molar-refractivity contribution is 5.03. The van der Waals surface area contributed by atoms with E-state index in [0.29, 0.717) is 5.92 Å². The molecule has 1 aliphatic rings. The van der Waals surface area contributed by atoms with Crippen LogP contribution in [0.15, 0.2) is 12.4 Å². The minimum absolute atomic E-state index is 0.423. The second-order valence-corrected chi connectivity index (χ2v) is 5.50. The summed E-state index contributed by atoms with van der Waals surface area (Å²) in [4.78, 5) is 15.6. The molecule has 0 aliphatic carbocycles. The van der Waals surface area contributed by atoms with Gasteiger partial charge in [-0.05, 0) is 33.2 Å². The minimum Gasteiger partial charge on any atom is -0.297 e. The molecule has 6 heteroatoms. The molecule has 0 saturated carbocycles. The Balaban J connectivity index is 1.64. The highest BCUT2D eigenvalue weighted by Gasteiger charge is 2.24. The first-order valence-electron chi connectivity index (χ1n) is 7.09. The van der Waals surface area contributed by atoms with Crippen LogP contribution < -0.4 is 0 Å². The van der Waals surface area contributed by atoms with Gasteiger partial charge in [-0.25, -0.2) is 4.98 Å². The average Bonchev–Trinajstić information content (AvgIpc) is 2.89. The number of piperidine rings is 1. The van der Waals surface area contributed by atoms with Crippen LogP contribution in [0.3, 0.4) is 0 Å². The van der Waals surface area contributed by atoms with Gasteiger partial charge in [0, 0.05) is 31.4 Å². The molecule has 0 amide bonds. The summed E-state index contributed by atoms with van der Waals surface area (Å²) in [6.07, 6.45) is 6.04. The van der Waals surface area contributed by atoms with Gasteiger partial charge in [-0.15, -0.1) is 0 Å². The highest BCUT2D eigenvalue weighted by Crippen LogP contribution is 2.25. The van der Waals surface area contributed by atoms with Crippen LogP contribution >= 0.6 is 0 Å². The Labute approximate surface area is 118 Å². The van der Waals surface area contributed by atoms with Crippen LogP contribution in [0.4, 0.5) is 0 Å². The highest BCUT2D eigenvalue weighted by atomic mass is 15.2. The monoisotopic (exact) mass is 272 g/mol. The largest absolute Gasteiger partial charge is 0.297 e. The minimum atomic E-state index is 0.423. The zero-order valence-electron chi connectivity index (χ0n) is 12.0. The van der Waals surface area contributed by atoms with E-state index in [1.165, 1.54) is 6.42 Å². The van der Waals surface area contributed by atoms with E-state index in [0.717, 1.165) is 49.1 Å². The molecule has 2 aromatic heterocycles. The molecule has 0 bridgehead atoms. The zero-order valence-corrected chi connectivity index (χ0v) is 12.0. The summed E-state index contributed by atoms with van der Waals surface area (Å²) in [6.45, 7) is 6.85. The summed E-state index contributed by atoms with van der Waals surface area (Å²) in [5.41, 5.74) is 1.99. The molecular weight excluding hydrogens is 252 g/mol. The predicted octanol–water partition coefficient (Wildman–Crippen LogP) is 1.59. The molecule has 3 rings (SSSR count). The maximum atomic E-state index is 4.47. The molecule has 6 nitrogen and oxygen atoms in total. The van der Waals surface area contributed by atoms with E-state index in [1.54, 1.807) is 0 Å². The first kappa shape index (κ1) is 13.2. The number of hydrogen-bond donors (Lipinski definition) is 1. The maximum absolute atomic E-state index is 4.47. The van der Waals surface area contributed by atoms with Gasteiger partial charge < -0.3 is 0 Å². The maximum Gasteiger partial charge on any atom is 0.155 e. The van der Waals surface area contributed by atoms with Crippen molar-refractivity contribution in [1.82, 2.24) is 30.0 Å². The number of aromatic nitrogens is 5. The van der Waals surface area contributed by atoms with Crippen molar-refractivity contribution in [2.45, 2.75) is 39.2 Å². The van der Waals surface area contributed by atoms with Crippen molar-refractivity contribution in [3.05, 3.63) is 35.4 Å². The summed E-state index contributed by atoms with van der Waals surface area (Å²) >= 11 is 0. The van der Waals surface area contributed by atoms with Crippen molar-refractivity contribution < 1.29 is 0 Å². The molecule has 1 unspecified atom stereocenters. The number of H-pyrrole nitrogens is 1. The fraction of sp³-hybridized carbons (Fsp3) is 0.571. The number of nitrogens with zero attached hydrogens (tertiary/aromatic N) is 5. The summed E-state index contributed by atoms with van der Waals surface area (Å²) in [6, 6.07) is 0. The van der Waals surface area contributed by atoms with Crippen LogP contribution in [0.1, 0.15) is 41.8 Å². The van der Waals surface area contributed by atoms with Crippen LogP contribution in [-0.4, -0.2) is 43.1 Å². The van der Waals surface area contributed by atoms with Gasteiger partial charge in [-0.3, -0.25) is 20.0 Å². The Kier molecular flexibility index (Phi) is 3.73. The van der Waals surface area contributed by atoms with Gasteiger partial charge in [-0.1, -0.05) is 0 Å². The average molecular weight is 272 g/mol. The van der Waals surface area contributed by atoms with Gasteiger partial charge in [0.2, 0.25) is 0 Å². The quantitative estimate of drug-likeness (QED) is 0.918. The molecule has 0 aromatic carbocycles. The molecule has 3 heterocycles. The van der Waals surface area contributed by atoms with E-state index in [2.05, 4.69) is 30.0 Å². The number of likely N-dealkylation sites (tertiary alicyclic amines) is 1. The molecule has 1 atom stereocenters. The molecule has 1 saturated heterocycles. The predicted molar refractivity (Wildman–Crippen MR) is 75.1 cm³/mol. The Morgan fingerprint density at radius 3 is 2.90 bits per heavy atom. The van der Waals surface area contributed by atoms with E-state index in [1.807, 2.05) is 26.2 Å². The number of aromatic amines is 1. The van der Waals surface area contributed by atoms with Crippen LogP contribution in [0, 0.1) is 13.8 Å².